The molecule has 0 fully saturated rings. The number of rotatable bonds is 0. The van der Waals surface area contributed by atoms with E-state index in [-0.39, 0.29) is 11.2 Å². The van der Waals surface area contributed by atoms with Crippen molar-refractivity contribution in [2.24, 2.45) is 5.73 Å². The van der Waals surface area contributed by atoms with Gasteiger partial charge in [-0.15, -0.1) is 11.8 Å². The molecule has 74 valence electrons. The van der Waals surface area contributed by atoms with Crippen molar-refractivity contribution < 1.29 is 4.79 Å². The van der Waals surface area contributed by atoms with Crippen LogP contribution in [0.25, 0.3) is 11.5 Å². The number of hydrogen-bond donors (Lipinski definition) is 1. The fraction of sp³-hybridized carbons (Fsp3) is 0.0833. The molecule has 1 aliphatic carbocycles. The molecule has 0 bridgehead atoms. The van der Waals surface area contributed by atoms with Crippen LogP contribution >= 0.6 is 11.8 Å². The van der Waals surface area contributed by atoms with Crippen molar-refractivity contribution in [3.8, 4) is 0 Å². The van der Waals surface area contributed by atoms with Crippen LogP contribution in [-0.2, 0) is 0 Å². The lowest BCUT2D eigenvalue weighted by molar-refractivity contribution is 0.104. The van der Waals surface area contributed by atoms with Gasteiger partial charge in [-0.1, -0.05) is 24.3 Å². The normalized spacial score (nSPS) is 21.7. The fourth-order valence-corrected chi connectivity index (χ4v) is 2.90. The van der Waals surface area contributed by atoms with Gasteiger partial charge in [0.05, 0.1) is 5.37 Å². The summed E-state index contributed by atoms with van der Waals surface area (Å²) in [4.78, 5) is 11.8. The number of hydrogen-bond acceptors (Lipinski definition) is 3. The SMILES string of the molecule is NC1SC=c2ccc3c(c21)C(=O)C=CC=3. The van der Waals surface area contributed by atoms with Crippen molar-refractivity contribution in [3.05, 3.63) is 45.8 Å². The number of nitrogens with two attached hydrogens (primary N) is 1. The molecule has 2 nitrogen and oxygen atoms in total. The maximum absolute atomic E-state index is 11.8. The predicted molar refractivity (Wildman–Crippen MR) is 62.6 cm³/mol. The Morgan fingerprint density at radius 1 is 1.27 bits per heavy atom. The molecule has 1 aliphatic heterocycles. The first kappa shape index (κ1) is 8.95. The lowest BCUT2D eigenvalue weighted by Crippen LogP contribution is -2.27. The summed E-state index contributed by atoms with van der Waals surface area (Å²) in [7, 11) is 0. The molecule has 2 N–H and O–H groups in total. The zero-order valence-corrected chi connectivity index (χ0v) is 8.75. The Hall–Kier alpha value is -1.32. The number of fused-ring (bicyclic) bond motifs is 3. The van der Waals surface area contributed by atoms with E-state index in [9.17, 15) is 4.79 Å². The van der Waals surface area contributed by atoms with Gasteiger partial charge in [-0.05, 0) is 27.5 Å². The van der Waals surface area contributed by atoms with E-state index in [1.807, 2.05) is 23.6 Å². The van der Waals surface area contributed by atoms with Gasteiger partial charge in [0.25, 0.3) is 0 Å². The van der Waals surface area contributed by atoms with Gasteiger partial charge in [-0.25, -0.2) is 0 Å². The van der Waals surface area contributed by atoms with Crippen molar-refractivity contribution in [3.63, 3.8) is 0 Å². The smallest absolute Gasteiger partial charge is 0.186 e. The van der Waals surface area contributed by atoms with Crippen molar-refractivity contribution in [1.29, 1.82) is 0 Å². The first-order valence-corrected chi connectivity index (χ1v) is 5.68. The van der Waals surface area contributed by atoms with Crippen LogP contribution < -0.4 is 16.2 Å². The van der Waals surface area contributed by atoms with Crippen molar-refractivity contribution in [2.75, 3.05) is 0 Å². The molecule has 3 heteroatoms. The van der Waals surface area contributed by atoms with E-state index < -0.39 is 0 Å². The second-order valence-corrected chi connectivity index (χ2v) is 4.61. The minimum atomic E-state index is -0.0983. The van der Waals surface area contributed by atoms with Crippen molar-refractivity contribution >= 4 is 29.0 Å². The van der Waals surface area contributed by atoms with E-state index >= 15 is 0 Å². The van der Waals surface area contributed by atoms with Gasteiger partial charge in [0, 0.05) is 5.56 Å². The molecule has 15 heavy (non-hydrogen) atoms. The second-order valence-electron chi connectivity index (χ2n) is 3.60. The molecule has 0 spiro atoms. The summed E-state index contributed by atoms with van der Waals surface area (Å²) in [5.41, 5.74) is 7.74. The summed E-state index contributed by atoms with van der Waals surface area (Å²) in [5, 5.41) is 3.99. The van der Waals surface area contributed by atoms with E-state index in [0.29, 0.717) is 0 Å². The maximum Gasteiger partial charge on any atom is 0.186 e. The monoisotopic (exact) mass is 215 g/mol. The highest BCUT2D eigenvalue weighted by Crippen LogP contribution is 2.29. The topological polar surface area (TPSA) is 43.1 Å². The highest BCUT2D eigenvalue weighted by atomic mass is 32.2. The van der Waals surface area contributed by atoms with Gasteiger partial charge in [-0.2, -0.15) is 0 Å². The quantitative estimate of drug-likeness (QED) is 0.691. The summed E-state index contributed by atoms with van der Waals surface area (Å²) in [6.07, 6.45) is 5.33. The molecular formula is C12H9NOS. The molecule has 1 heterocycles. The van der Waals surface area contributed by atoms with Crippen LogP contribution in [0.5, 0.6) is 0 Å². The average molecular weight is 215 g/mol. The van der Waals surface area contributed by atoms with Crippen molar-refractivity contribution in [2.45, 2.75) is 5.37 Å². The Kier molecular flexibility index (Phi) is 1.84. The number of ketones is 1. The predicted octanol–water partition coefficient (Wildman–Crippen LogP) is 0.662. The third kappa shape index (κ3) is 1.20. The van der Waals surface area contributed by atoms with E-state index in [1.54, 1.807) is 23.9 Å². The van der Waals surface area contributed by atoms with E-state index in [1.165, 1.54) is 0 Å². The van der Waals surface area contributed by atoms with Crippen LogP contribution in [0, 0.1) is 0 Å². The Morgan fingerprint density at radius 2 is 2.07 bits per heavy atom. The van der Waals surface area contributed by atoms with Gasteiger partial charge >= 0.3 is 0 Å². The molecule has 1 atom stereocenters. The van der Waals surface area contributed by atoms with E-state index in [4.69, 9.17) is 5.73 Å². The third-order valence-electron chi connectivity index (χ3n) is 2.71. The zero-order valence-electron chi connectivity index (χ0n) is 7.94. The summed E-state index contributed by atoms with van der Waals surface area (Å²) < 4.78 is 0. The summed E-state index contributed by atoms with van der Waals surface area (Å²) >= 11 is 1.56. The minimum absolute atomic E-state index is 0.0655. The van der Waals surface area contributed by atoms with E-state index in [2.05, 4.69) is 0 Å². The summed E-state index contributed by atoms with van der Waals surface area (Å²) in [6.45, 7) is 0. The molecule has 0 amide bonds. The van der Waals surface area contributed by atoms with Gasteiger partial charge in [0.1, 0.15) is 0 Å². The van der Waals surface area contributed by atoms with Crippen LogP contribution in [0.4, 0.5) is 0 Å². The first-order valence-electron chi connectivity index (χ1n) is 4.74. The van der Waals surface area contributed by atoms with Crippen LogP contribution in [0.1, 0.15) is 21.3 Å². The molecule has 0 saturated heterocycles. The zero-order chi connectivity index (χ0) is 10.4. The molecule has 1 aromatic carbocycles. The Morgan fingerprint density at radius 3 is 2.93 bits per heavy atom. The molecule has 1 unspecified atom stereocenters. The average Bonchev–Trinajstić information content (AvgIpc) is 2.61. The fourth-order valence-electron chi connectivity index (χ4n) is 2.01. The molecule has 3 rings (SSSR count). The van der Waals surface area contributed by atoms with Crippen LogP contribution in [0.3, 0.4) is 0 Å². The molecule has 0 aromatic heterocycles. The van der Waals surface area contributed by atoms with Crippen molar-refractivity contribution in [1.82, 2.24) is 0 Å². The molecule has 2 aliphatic rings. The summed E-state index contributed by atoms with van der Waals surface area (Å²) in [5.74, 6) is 0.0655. The Labute approximate surface area is 91.2 Å². The van der Waals surface area contributed by atoms with E-state index in [0.717, 1.165) is 21.6 Å². The third-order valence-corrected chi connectivity index (χ3v) is 3.63. The van der Waals surface area contributed by atoms with Crippen LogP contribution in [0.15, 0.2) is 24.3 Å². The maximum atomic E-state index is 11.8. The van der Waals surface area contributed by atoms with Gasteiger partial charge in [0.2, 0.25) is 0 Å². The first-order chi connectivity index (χ1) is 7.27. The minimum Gasteiger partial charge on any atom is -0.315 e. The lowest BCUT2D eigenvalue weighted by Gasteiger charge is -2.11. The Bertz CT molecular complexity index is 601. The lowest BCUT2D eigenvalue weighted by atomic mass is 9.96. The number of benzene rings is 1. The number of thioether (sulfide) groups is 1. The van der Waals surface area contributed by atoms with Gasteiger partial charge in [0.15, 0.2) is 5.78 Å². The van der Waals surface area contributed by atoms with Crippen LogP contribution in [0.2, 0.25) is 0 Å². The highest BCUT2D eigenvalue weighted by Gasteiger charge is 2.22. The van der Waals surface area contributed by atoms with Gasteiger partial charge < -0.3 is 5.73 Å². The van der Waals surface area contributed by atoms with Gasteiger partial charge in [-0.3, -0.25) is 4.79 Å². The molecular weight excluding hydrogens is 206 g/mol. The number of allylic oxidation sites excluding steroid dienone is 2. The second kappa shape index (κ2) is 3.08. The molecule has 1 aromatic rings. The van der Waals surface area contributed by atoms with Crippen LogP contribution in [-0.4, -0.2) is 5.78 Å². The number of carbonyl (C=O) groups excluding carboxylic acids is 1. The summed E-state index contributed by atoms with van der Waals surface area (Å²) in [6, 6.07) is 4.00. The highest BCUT2D eigenvalue weighted by molar-refractivity contribution is 8.07. The molecule has 0 radical (unpaired) electrons. The Balaban J connectivity index is 2.45. The largest absolute Gasteiger partial charge is 0.315 e. The standard InChI is InChI=1S/C12H9NOS/c13-12-11-8(6-15-12)5-4-7-2-1-3-9(14)10(7)11/h1-6,12H,13H2. The molecule has 0 saturated carbocycles. The number of carbonyl (C=O) groups is 1.